The largest absolute Gasteiger partial charge is 0.399 e. The molecule has 1 aromatic heterocycles. The van der Waals surface area contributed by atoms with Gasteiger partial charge in [-0.1, -0.05) is 0 Å². The van der Waals surface area contributed by atoms with Crippen LogP contribution in [0.1, 0.15) is 16.8 Å². The van der Waals surface area contributed by atoms with E-state index in [-0.39, 0.29) is 5.91 Å². The number of anilines is 1. The van der Waals surface area contributed by atoms with E-state index in [1.165, 1.54) is 0 Å². The summed E-state index contributed by atoms with van der Waals surface area (Å²) in [7, 11) is 1.58. The number of fused-ring (bicyclic) bond motifs is 1. The summed E-state index contributed by atoms with van der Waals surface area (Å²) in [5.74, 6) is -0.113. The number of aromatic amines is 1. The van der Waals surface area contributed by atoms with Crippen LogP contribution in [-0.2, 0) is 4.74 Å². The molecule has 1 aromatic carbocycles. The number of carbonyl (C=O) groups is 1. The number of methoxy groups -OCH3 is 1. The van der Waals surface area contributed by atoms with Crippen molar-refractivity contribution in [1.82, 2.24) is 9.88 Å². The highest BCUT2D eigenvalue weighted by atomic mass is 16.5. The molecule has 1 heterocycles. The van der Waals surface area contributed by atoms with Crippen molar-refractivity contribution in [2.24, 2.45) is 0 Å². The Bertz CT molecular complexity index is 672. The lowest BCUT2D eigenvalue weighted by atomic mass is 10.1. The zero-order chi connectivity index (χ0) is 15.2. The fourth-order valence-corrected chi connectivity index (χ4v) is 2.19. The number of hydrogen-bond acceptors (Lipinski definition) is 4. The molecule has 0 saturated carbocycles. The second-order valence-electron chi connectivity index (χ2n) is 4.70. The van der Waals surface area contributed by atoms with E-state index in [2.05, 4.69) is 11.1 Å². The molecule has 0 atom stereocenters. The van der Waals surface area contributed by atoms with Crippen LogP contribution in [0, 0.1) is 11.3 Å². The molecule has 0 aliphatic rings. The maximum Gasteiger partial charge on any atom is 0.256 e. The van der Waals surface area contributed by atoms with Gasteiger partial charge in [-0.15, -0.1) is 0 Å². The number of H-pyrrole nitrogens is 1. The van der Waals surface area contributed by atoms with Crippen LogP contribution < -0.4 is 5.73 Å². The minimum Gasteiger partial charge on any atom is -0.399 e. The minimum atomic E-state index is -0.113. The van der Waals surface area contributed by atoms with Crippen LogP contribution in [0.4, 0.5) is 5.69 Å². The second kappa shape index (κ2) is 6.77. The van der Waals surface area contributed by atoms with E-state index in [1.54, 1.807) is 30.3 Å². The van der Waals surface area contributed by atoms with Gasteiger partial charge in [-0.2, -0.15) is 5.26 Å². The Balaban J connectivity index is 2.27. The lowest BCUT2D eigenvalue weighted by Gasteiger charge is -2.20. The molecule has 21 heavy (non-hydrogen) atoms. The van der Waals surface area contributed by atoms with Crippen LogP contribution in [0.3, 0.4) is 0 Å². The van der Waals surface area contributed by atoms with Crippen molar-refractivity contribution in [3.05, 3.63) is 30.0 Å². The molecule has 0 bridgehead atoms. The van der Waals surface area contributed by atoms with Gasteiger partial charge in [-0.05, 0) is 18.2 Å². The van der Waals surface area contributed by atoms with Crippen LogP contribution in [0.25, 0.3) is 10.9 Å². The number of benzene rings is 1. The third-order valence-corrected chi connectivity index (χ3v) is 3.28. The molecule has 0 saturated heterocycles. The Morgan fingerprint density at radius 2 is 2.29 bits per heavy atom. The van der Waals surface area contributed by atoms with E-state index in [4.69, 9.17) is 15.7 Å². The van der Waals surface area contributed by atoms with Crippen LogP contribution in [0.2, 0.25) is 0 Å². The zero-order valence-corrected chi connectivity index (χ0v) is 11.9. The molecule has 1 amide bonds. The summed E-state index contributed by atoms with van der Waals surface area (Å²) in [5.41, 5.74) is 7.78. The molecule has 6 nitrogen and oxygen atoms in total. The first-order valence-electron chi connectivity index (χ1n) is 6.69. The van der Waals surface area contributed by atoms with E-state index in [9.17, 15) is 4.79 Å². The average Bonchev–Trinajstić information content (AvgIpc) is 2.89. The molecule has 0 aliphatic carbocycles. The van der Waals surface area contributed by atoms with Crippen molar-refractivity contribution in [2.45, 2.75) is 6.42 Å². The summed E-state index contributed by atoms with van der Waals surface area (Å²) < 4.78 is 5.02. The standard InChI is InChI=1S/C15H18N4O2/c1-21-8-7-19(6-2-5-16)15(20)13-10-18-14-9-11(17)3-4-12(13)14/h3-4,9-10,18H,2,6-8,17H2,1H3. The highest BCUT2D eigenvalue weighted by Crippen LogP contribution is 2.22. The van der Waals surface area contributed by atoms with Crippen molar-refractivity contribution in [2.75, 3.05) is 32.5 Å². The zero-order valence-electron chi connectivity index (χ0n) is 11.9. The Hall–Kier alpha value is -2.52. The van der Waals surface area contributed by atoms with Gasteiger partial charge in [0.2, 0.25) is 0 Å². The Morgan fingerprint density at radius 3 is 3.00 bits per heavy atom. The molecule has 0 spiro atoms. The quantitative estimate of drug-likeness (QED) is 0.791. The fraction of sp³-hybridized carbons (Fsp3) is 0.333. The Morgan fingerprint density at radius 1 is 1.48 bits per heavy atom. The van der Waals surface area contributed by atoms with Crippen molar-refractivity contribution in [3.8, 4) is 6.07 Å². The Labute approximate surface area is 123 Å². The molecule has 2 aromatic rings. The van der Waals surface area contributed by atoms with Crippen molar-refractivity contribution >= 4 is 22.5 Å². The van der Waals surface area contributed by atoms with Gasteiger partial charge in [-0.3, -0.25) is 4.79 Å². The van der Waals surface area contributed by atoms with Gasteiger partial charge in [0.1, 0.15) is 0 Å². The summed E-state index contributed by atoms with van der Waals surface area (Å²) in [4.78, 5) is 17.3. The predicted molar refractivity (Wildman–Crippen MR) is 80.7 cm³/mol. The smallest absolute Gasteiger partial charge is 0.256 e. The van der Waals surface area contributed by atoms with E-state index < -0.39 is 0 Å². The first kappa shape index (κ1) is 14.9. The number of ether oxygens (including phenoxy) is 1. The minimum absolute atomic E-state index is 0.113. The summed E-state index contributed by atoms with van der Waals surface area (Å²) in [6.07, 6.45) is 1.98. The van der Waals surface area contributed by atoms with Gasteiger partial charge in [0, 0.05) is 43.0 Å². The second-order valence-corrected chi connectivity index (χ2v) is 4.70. The molecule has 110 valence electrons. The fourth-order valence-electron chi connectivity index (χ4n) is 2.19. The maximum absolute atomic E-state index is 12.6. The Kier molecular flexibility index (Phi) is 4.80. The van der Waals surface area contributed by atoms with Gasteiger partial charge >= 0.3 is 0 Å². The summed E-state index contributed by atoms with van der Waals surface area (Å²) in [6.45, 7) is 1.28. The number of rotatable bonds is 6. The van der Waals surface area contributed by atoms with Crippen molar-refractivity contribution < 1.29 is 9.53 Å². The van der Waals surface area contributed by atoms with E-state index >= 15 is 0 Å². The van der Waals surface area contributed by atoms with Crippen LogP contribution in [0.5, 0.6) is 0 Å². The number of aromatic nitrogens is 1. The SMILES string of the molecule is COCCN(CCC#N)C(=O)c1c[nH]c2cc(N)ccc12. The van der Waals surface area contributed by atoms with Gasteiger partial charge in [-0.25, -0.2) is 0 Å². The van der Waals surface area contributed by atoms with Crippen molar-refractivity contribution in [3.63, 3.8) is 0 Å². The molecule has 6 heteroatoms. The van der Waals surface area contributed by atoms with Gasteiger partial charge < -0.3 is 20.4 Å². The molecular weight excluding hydrogens is 268 g/mol. The number of nitrogen functional groups attached to an aromatic ring is 1. The van der Waals surface area contributed by atoms with Crippen LogP contribution in [0.15, 0.2) is 24.4 Å². The average molecular weight is 286 g/mol. The number of hydrogen-bond donors (Lipinski definition) is 2. The third kappa shape index (κ3) is 3.33. The summed E-state index contributed by atoms with van der Waals surface area (Å²) in [6, 6.07) is 7.45. The van der Waals surface area contributed by atoms with Crippen LogP contribution in [-0.4, -0.2) is 42.6 Å². The topological polar surface area (TPSA) is 95.1 Å². The van der Waals surface area contributed by atoms with Gasteiger partial charge in [0.05, 0.1) is 24.7 Å². The predicted octanol–water partition coefficient (Wildman–Crippen LogP) is 1.75. The molecule has 0 unspecified atom stereocenters. The number of nitriles is 1. The van der Waals surface area contributed by atoms with Gasteiger partial charge in [0.25, 0.3) is 5.91 Å². The first-order valence-corrected chi connectivity index (χ1v) is 6.69. The number of carbonyl (C=O) groups excluding carboxylic acids is 1. The monoisotopic (exact) mass is 286 g/mol. The number of amides is 1. The van der Waals surface area contributed by atoms with Gasteiger partial charge in [0.15, 0.2) is 0 Å². The highest BCUT2D eigenvalue weighted by Gasteiger charge is 2.18. The van der Waals surface area contributed by atoms with E-state index in [0.29, 0.717) is 37.4 Å². The van der Waals surface area contributed by atoms with E-state index in [0.717, 1.165) is 10.9 Å². The lowest BCUT2D eigenvalue weighted by Crippen LogP contribution is -2.34. The summed E-state index contributed by atoms with van der Waals surface area (Å²) >= 11 is 0. The normalized spacial score (nSPS) is 10.5. The highest BCUT2D eigenvalue weighted by molar-refractivity contribution is 6.07. The number of nitrogens with two attached hydrogens (primary N) is 1. The maximum atomic E-state index is 12.6. The lowest BCUT2D eigenvalue weighted by molar-refractivity contribution is 0.0702. The van der Waals surface area contributed by atoms with Crippen molar-refractivity contribution in [1.29, 1.82) is 5.26 Å². The number of nitrogens with zero attached hydrogens (tertiary/aromatic N) is 2. The third-order valence-electron chi connectivity index (χ3n) is 3.28. The molecule has 3 N–H and O–H groups in total. The molecule has 2 rings (SSSR count). The summed E-state index contributed by atoms with van der Waals surface area (Å²) in [5, 5.41) is 9.54. The molecule has 0 aliphatic heterocycles. The molecular formula is C15H18N4O2. The van der Waals surface area contributed by atoms with Crippen LogP contribution >= 0.6 is 0 Å². The molecule has 0 fully saturated rings. The first-order chi connectivity index (χ1) is 10.2. The number of nitrogens with one attached hydrogen (secondary N) is 1. The molecule has 0 radical (unpaired) electrons. The van der Waals surface area contributed by atoms with E-state index in [1.807, 2.05) is 6.07 Å².